The lowest BCUT2D eigenvalue weighted by atomic mass is 10.0. The Morgan fingerprint density at radius 1 is 1.09 bits per heavy atom. The van der Waals surface area contributed by atoms with Crippen LogP contribution in [0, 0.1) is 11.6 Å². The fourth-order valence-corrected chi connectivity index (χ4v) is 3.71. The molecule has 0 amide bonds. The van der Waals surface area contributed by atoms with Crippen molar-refractivity contribution in [3.63, 3.8) is 0 Å². The van der Waals surface area contributed by atoms with E-state index in [9.17, 15) is 22.3 Å². The molecule has 0 radical (unpaired) electrons. The summed E-state index contributed by atoms with van der Waals surface area (Å²) in [6, 6.07) is 10.7. The maximum Gasteiger partial charge on any atom is 0.243 e. The number of nitrogens with zero attached hydrogens (tertiary/aromatic N) is 1. The Hall–Kier alpha value is -1.83. The van der Waals surface area contributed by atoms with E-state index in [-0.39, 0.29) is 17.9 Å². The average Bonchev–Trinajstić information content (AvgIpc) is 2.55. The van der Waals surface area contributed by atoms with Gasteiger partial charge in [0.05, 0.1) is 10.9 Å². The zero-order valence-corrected chi connectivity index (χ0v) is 13.3. The van der Waals surface area contributed by atoms with Gasteiger partial charge in [0.1, 0.15) is 0 Å². The summed E-state index contributed by atoms with van der Waals surface area (Å²) >= 11 is 0. The van der Waals surface area contributed by atoms with Gasteiger partial charge in [-0.15, -0.1) is 0 Å². The first-order valence-electron chi connectivity index (χ1n) is 6.97. The van der Waals surface area contributed by atoms with E-state index in [0.29, 0.717) is 11.6 Å². The number of aliphatic hydroxyl groups is 1. The third kappa shape index (κ3) is 3.74. The normalized spacial score (nSPS) is 13.3. The summed E-state index contributed by atoms with van der Waals surface area (Å²) in [5, 5.41) is 9.23. The molecule has 1 unspecified atom stereocenters. The average molecular weight is 341 g/mol. The van der Waals surface area contributed by atoms with Crippen LogP contribution in [0.15, 0.2) is 53.4 Å². The molecule has 1 N–H and O–H groups in total. The van der Waals surface area contributed by atoms with Crippen LogP contribution in [0.3, 0.4) is 0 Å². The third-order valence-electron chi connectivity index (χ3n) is 3.59. The molecular weight excluding hydrogens is 324 g/mol. The second-order valence-electron chi connectivity index (χ2n) is 5.04. The van der Waals surface area contributed by atoms with E-state index < -0.39 is 27.7 Å². The molecule has 1 atom stereocenters. The van der Waals surface area contributed by atoms with E-state index in [2.05, 4.69) is 0 Å². The van der Waals surface area contributed by atoms with Crippen molar-refractivity contribution in [1.29, 1.82) is 0 Å². The maximum absolute atomic E-state index is 13.3. The molecule has 7 heteroatoms. The van der Waals surface area contributed by atoms with Crippen molar-refractivity contribution in [3.8, 4) is 0 Å². The van der Waals surface area contributed by atoms with E-state index >= 15 is 0 Å². The first kappa shape index (κ1) is 17.5. The molecule has 23 heavy (non-hydrogen) atoms. The monoisotopic (exact) mass is 341 g/mol. The summed E-state index contributed by atoms with van der Waals surface area (Å²) in [5.74, 6) is -2.33. The van der Waals surface area contributed by atoms with E-state index in [4.69, 9.17) is 0 Å². The van der Waals surface area contributed by atoms with Crippen LogP contribution in [-0.2, 0) is 10.0 Å². The van der Waals surface area contributed by atoms with Gasteiger partial charge in [0.15, 0.2) is 11.6 Å². The number of benzene rings is 2. The summed E-state index contributed by atoms with van der Waals surface area (Å²) in [6.45, 7) is -0.211. The highest BCUT2D eigenvalue weighted by Gasteiger charge is 2.29. The van der Waals surface area contributed by atoms with Gasteiger partial charge in [0, 0.05) is 13.7 Å². The molecule has 0 saturated carbocycles. The molecule has 0 fully saturated rings. The van der Waals surface area contributed by atoms with E-state index in [1.807, 2.05) is 0 Å². The quantitative estimate of drug-likeness (QED) is 0.879. The minimum absolute atomic E-state index is 0.184. The molecule has 0 aliphatic rings. The lowest BCUT2D eigenvalue weighted by molar-refractivity contribution is 0.240. The molecule has 2 aromatic carbocycles. The van der Waals surface area contributed by atoms with E-state index in [1.54, 1.807) is 30.3 Å². The van der Waals surface area contributed by atoms with Gasteiger partial charge in [-0.2, -0.15) is 4.31 Å². The number of hydrogen-bond donors (Lipinski definition) is 1. The van der Waals surface area contributed by atoms with Crippen LogP contribution in [0.5, 0.6) is 0 Å². The van der Waals surface area contributed by atoms with Crippen molar-refractivity contribution in [2.45, 2.75) is 17.4 Å². The van der Waals surface area contributed by atoms with Crippen LogP contribution in [0.25, 0.3) is 0 Å². The summed E-state index contributed by atoms with van der Waals surface area (Å²) in [7, 11) is -2.68. The zero-order valence-electron chi connectivity index (χ0n) is 12.5. The number of rotatable bonds is 6. The van der Waals surface area contributed by atoms with Gasteiger partial charge in [-0.3, -0.25) is 0 Å². The first-order chi connectivity index (χ1) is 10.9. The van der Waals surface area contributed by atoms with E-state index in [1.165, 1.54) is 7.05 Å². The number of hydrogen-bond acceptors (Lipinski definition) is 3. The largest absolute Gasteiger partial charge is 0.396 e. The molecule has 124 valence electrons. The fraction of sp³-hybridized carbons (Fsp3) is 0.250. The summed E-state index contributed by atoms with van der Waals surface area (Å²) in [6.07, 6.45) is 0.184. The summed E-state index contributed by atoms with van der Waals surface area (Å²) in [4.78, 5) is -0.335. The maximum atomic E-state index is 13.3. The second kappa shape index (κ2) is 7.16. The van der Waals surface area contributed by atoms with Crippen molar-refractivity contribution in [2.75, 3.05) is 13.7 Å². The Morgan fingerprint density at radius 3 is 2.30 bits per heavy atom. The van der Waals surface area contributed by atoms with Crippen LogP contribution in [-0.4, -0.2) is 31.5 Å². The highest BCUT2D eigenvalue weighted by atomic mass is 32.2. The number of aliphatic hydroxyl groups excluding tert-OH is 1. The Morgan fingerprint density at radius 2 is 1.74 bits per heavy atom. The van der Waals surface area contributed by atoms with Crippen molar-refractivity contribution in [1.82, 2.24) is 4.31 Å². The summed E-state index contributed by atoms with van der Waals surface area (Å²) < 4.78 is 52.7. The predicted octanol–water partition coefficient (Wildman–Crippen LogP) is 2.71. The van der Waals surface area contributed by atoms with Crippen LogP contribution < -0.4 is 0 Å². The van der Waals surface area contributed by atoms with E-state index in [0.717, 1.165) is 16.4 Å². The smallest absolute Gasteiger partial charge is 0.243 e. The lowest BCUT2D eigenvalue weighted by Gasteiger charge is -2.27. The molecule has 0 heterocycles. The first-order valence-corrected chi connectivity index (χ1v) is 8.41. The van der Waals surface area contributed by atoms with Crippen molar-refractivity contribution in [3.05, 3.63) is 65.7 Å². The number of sulfonamides is 1. The topological polar surface area (TPSA) is 57.6 Å². The van der Waals surface area contributed by atoms with Crippen molar-refractivity contribution in [2.24, 2.45) is 0 Å². The van der Waals surface area contributed by atoms with Gasteiger partial charge < -0.3 is 5.11 Å². The summed E-state index contributed by atoms with van der Waals surface area (Å²) in [5.41, 5.74) is 0.704. The Balaban J connectivity index is 2.41. The third-order valence-corrected chi connectivity index (χ3v) is 5.46. The molecule has 0 aromatic heterocycles. The van der Waals surface area contributed by atoms with Crippen LogP contribution >= 0.6 is 0 Å². The highest BCUT2D eigenvalue weighted by Crippen LogP contribution is 2.29. The molecule has 2 rings (SSSR count). The minimum atomic E-state index is -4.03. The fourth-order valence-electron chi connectivity index (χ4n) is 2.33. The second-order valence-corrected chi connectivity index (χ2v) is 7.03. The molecule has 4 nitrogen and oxygen atoms in total. The van der Waals surface area contributed by atoms with Gasteiger partial charge in [-0.05, 0) is 30.2 Å². The standard InChI is InChI=1S/C16H17F2NO3S/c1-19(16(9-10-20)12-5-3-2-4-6-12)23(21,22)13-7-8-14(17)15(18)11-13/h2-8,11,16,20H,9-10H2,1H3. The molecule has 0 aliphatic carbocycles. The molecule has 0 aliphatic heterocycles. The molecule has 0 spiro atoms. The van der Waals surface area contributed by atoms with Crippen molar-refractivity contribution < 1.29 is 22.3 Å². The van der Waals surface area contributed by atoms with Gasteiger partial charge in [0.2, 0.25) is 10.0 Å². The predicted molar refractivity (Wildman–Crippen MR) is 82.2 cm³/mol. The van der Waals surface area contributed by atoms with Gasteiger partial charge in [-0.25, -0.2) is 17.2 Å². The van der Waals surface area contributed by atoms with Gasteiger partial charge in [-0.1, -0.05) is 30.3 Å². The highest BCUT2D eigenvalue weighted by molar-refractivity contribution is 7.89. The lowest BCUT2D eigenvalue weighted by Crippen LogP contribution is -2.32. The number of halogens is 2. The molecule has 0 bridgehead atoms. The SMILES string of the molecule is CN(C(CCO)c1ccccc1)S(=O)(=O)c1ccc(F)c(F)c1. The van der Waals surface area contributed by atoms with Gasteiger partial charge >= 0.3 is 0 Å². The van der Waals surface area contributed by atoms with Crippen molar-refractivity contribution >= 4 is 10.0 Å². The van der Waals surface area contributed by atoms with Crippen LogP contribution in [0.4, 0.5) is 8.78 Å². The Labute approximate surface area is 134 Å². The van der Waals surface area contributed by atoms with Crippen LogP contribution in [0.2, 0.25) is 0 Å². The molecular formula is C16H17F2NO3S. The minimum Gasteiger partial charge on any atom is -0.396 e. The Bertz CT molecular complexity index is 766. The molecule has 0 saturated heterocycles. The van der Waals surface area contributed by atoms with Gasteiger partial charge in [0.25, 0.3) is 0 Å². The zero-order chi connectivity index (χ0) is 17.0. The van der Waals surface area contributed by atoms with Crippen LogP contribution in [0.1, 0.15) is 18.0 Å². The Kier molecular flexibility index (Phi) is 5.46. The molecule has 2 aromatic rings.